The summed E-state index contributed by atoms with van der Waals surface area (Å²) in [5.41, 5.74) is 1.33. The van der Waals surface area contributed by atoms with Crippen LogP contribution in [-0.4, -0.2) is 42.8 Å². The lowest BCUT2D eigenvalue weighted by Gasteiger charge is -2.42. The van der Waals surface area contributed by atoms with Crippen molar-refractivity contribution in [3.63, 3.8) is 0 Å². The molecule has 1 aliphatic heterocycles. The Labute approximate surface area is 123 Å². The Morgan fingerprint density at radius 1 is 1.25 bits per heavy atom. The van der Waals surface area contributed by atoms with E-state index in [0.29, 0.717) is 12.1 Å². The summed E-state index contributed by atoms with van der Waals surface area (Å²) in [7, 11) is 0. The fourth-order valence-electron chi connectivity index (χ4n) is 2.80. The van der Waals surface area contributed by atoms with Gasteiger partial charge in [-0.25, -0.2) is 0 Å². The van der Waals surface area contributed by atoms with Crippen LogP contribution in [0.5, 0.6) is 0 Å². The molecule has 0 saturated carbocycles. The van der Waals surface area contributed by atoms with E-state index >= 15 is 0 Å². The van der Waals surface area contributed by atoms with Crippen LogP contribution in [0.4, 0.5) is 0 Å². The average molecular weight is 276 g/mol. The highest BCUT2D eigenvalue weighted by molar-refractivity contribution is 5.20. The first-order valence-electron chi connectivity index (χ1n) is 7.64. The summed E-state index contributed by atoms with van der Waals surface area (Å²) >= 11 is 0. The molecule has 0 bridgehead atoms. The summed E-state index contributed by atoms with van der Waals surface area (Å²) in [6.45, 7) is 12.5. The maximum Gasteiger partial charge on any atom is 0.0753 e. The molecule has 2 rings (SSSR count). The molecule has 3 nitrogen and oxygen atoms in total. The van der Waals surface area contributed by atoms with E-state index in [9.17, 15) is 0 Å². The second-order valence-corrected chi connectivity index (χ2v) is 6.57. The van der Waals surface area contributed by atoms with Gasteiger partial charge in [-0.3, -0.25) is 4.90 Å². The molecule has 3 heteroatoms. The van der Waals surface area contributed by atoms with Gasteiger partial charge < -0.3 is 10.1 Å². The van der Waals surface area contributed by atoms with E-state index in [2.05, 4.69) is 68.2 Å². The minimum absolute atomic E-state index is 0.0525. The van der Waals surface area contributed by atoms with Gasteiger partial charge in [0, 0.05) is 31.7 Å². The van der Waals surface area contributed by atoms with Crippen LogP contribution in [0.3, 0.4) is 0 Å². The fraction of sp³-hybridized carbons (Fsp3) is 0.647. The molecule has 1 heterocycles. The first kappa shape index (κ1) is 15.5. The number of nitrogens with zero attached hydrogens (tertiary/aromatic N) is 1. The monoisotopic (exact) mass is 276 g/mol. The molecule has 112 valence electrons. The van der Waals surface area contributed by atoms with Crippen LogP contribution in [-0.2, 0) is 4.74 Å². The predicted octanol–water partition coefficient (Wildman–Crippen LogP) is 2.84. The molecule has 1 aromatic carbocycles. The number of hydrogen-bond acceptors (Lipinski definition) is 3. The molecular weight excluding hydrogens is 248 g/mol. The molecule has 1 aliphatic rings. The van der Waals surface area contributed by atoms with Crippen LogP contribution in [0, 0.1) is 0 Å². The molecule has 0 aromatic heterocycles. The van der Waals surface area contributed by atoms with Crippen molar-refractivity contribution in [2.45, 2.75) is 45.4 Å². The van der Waals surface area contributed by atoms with Crippen LogP contribution in [0.2, 0.25) is 0 Å². The summed E-state index contributed by atoms with van der Waals surface area (Å²) in [5.74, 6) is 0. The van der Waals surface area contributed by atoms with Crippen molar-refractivity contribution in [1.82, 2.24) is 10.2 Å². The zero-order valence-electron chi connectivity index (χ0n) is 13.2. The number of benzene rings is 1. The normalized spacial score (nSPS) is 21.1. The third kappa shape index (κ3) is 4.30. The molecule has 1 aromatic rings. The Morgan fingerprint density at radius 3 is 2.55 bits per heavy atom. The van der Waals surface area contributed by atoms with E-state index in [1.807, 2.05) is 0 Å². The number of morpholine rings is 1. The number of hydrogen-bond donors (Lipinski definition) is 1. The predicted molar refractivity (Wildman–Crippen MR) is 83.9 cm³/mol. The van der Waals surface area contributed by atoms with Crippen molar-refractivity contribution in [2.75, 3.05) is 26.2 Å². The SMILES string of the molecule is CC(C)NCC(c1ccccc1)N1CCOC(C)(C)C1. The van der Waals surface area contributed by atoms with Crippen LogP contribution >= 0.6 is 0 Å². The summed E-state index contributed by atoms with van der Waals surface area (Å²) in [6, 6.07) is 11.7. The summed E-state index contributed by atoms with van der Waals surface area (Å²) in [6.07, 6.45) is 0. The lowest BCUT2D eigenvalue weighted by Crippen LogP contribution is -2.51. The van der Waals surface area contributed by atoms with Crippen molar-refractivity contribution < 1.29 is 4.74 Å². The smallest absolute Gasteiger partial charge is 0.0753 e. The minimum atomic E-state index is -0.0525. The maximum atomic E-state index is 5.85. The van der Waals surface area contributed by atoms with Gasteiger partial charge in [0.25, 0.3) is 0 Å². The Morgan fingerprint density at radius 2 is 1.95 bits per heavy atom. The van der Waals surface area contributed by atoms with E-state index in [4.69, 9.17) is 4.74 Å². The van der Waals surface area contributed by atoms with Gasteiger partial charge in [-0.15, -0.1) is 0 Å². The highest BCUT2D eigenvalue weighted by Gasteiger charge is 2.31. The average Bonchev–Trinajstić information content (AvgIpc) is 2.39. The van der Waals surface area contributed by atoms with Crippen molar-refractivity contribution in [1.29, 1.82) is 0 Å². The fourth-order valence-corrected chi connectivity index (χ4v) is 2.80. The molecule has 1 fully saturated rings. The lowest BCUT2D eigenvalue weighted by atomic mass is 10.0. The highest BCUT2D eigenvalue weighted by atomic mass is 16.5. The first-order valence-corrected chi connectivity index (χ1v) is 7.64. The second kappa shape index (κ2) is 6.70. The third-order valence-electron chi connectivity index (χ3n) is 3.80. The van der Waals surface area contributed by atoms with Crippen molar-refractivity contribution in [2.24, 2.45) is 0 Å². The molecule has 1 N–H and O–H groups in total. The van der Waals surface area contributed by atoms with E-state index < -0.39 is 0 Å². The van der Waals surface area contributed by atoms with Crippen molar-refractivity contribution >= 4 is 0 Å². The van der Waals surface area contributed by atoms with Gasteiger partial charge in [0.15, 0.2) is 0 Å². The van der Waals surface area contributed by atoms with Gasteiger partial charge in [-0.2, -0.15) is 0 Å². The molecular formula is C17H28N2O. The number of nitrogens with one attached hydrogen (secondary N) is 1. The zero-order chi connectivity index (χ0) is 14.6. The first-order chi connectivity index (χ1) is 9.48. The van der Waals surface area contributed by atoms with Crippen LogP contribution in [0.15, 0.2) is 30.3 Å². The molecule has 0 spiro atoms. The van der Waals surface area contributed by atoms with Gasteiger partial charge in [0.2, 0.25) is 0 Å². The van der Waals surface area contributed by atoms with Gasteiger partial charge in [-0.1, -0.05) is 44.2 Å². The Hall–Kier alpha value is -0.900. The van der Waals surface area contributed by atoms with Crippen LogP contribution < -0.4 is 5.32 Å². The molecule has 1 saturated heterocycles. The van der Waals surface area contributed by atoms with Crippen LogP contribution in [0.1, 0.15) is 39.3 Å². The molecule has 1 atom stereocenters. The number of ether oxygens (including phenoxy) is 1. The highest BCUT2D eigenvalue weighted by Crippen LogP contribution is 2.26. The molecule has 0 aliphatic carbocycles. The Balaban J connectivity index is 2.13. The summed E-state index contributed by atoms with van der Waals surface area (Å²) in [5, 5.41) is 3.59. The van der Waals surface area contributed by atoms with Gasteiger partial charge in [0.1, 0.15) is 0 Å². The quantitative estimate of drug-likeness (QED) is 0.895. The number of rotatable bonds is 5. The molecule has 20 heavy (non-hydrogen) atoms. The maximum absolute atomic E-state index is 5.85. The third-order valence-corrected chi connectivity index (χ3v) is 3.80. The zero-order valence-corrected chi connectivity index (χ0v) is 13.2. The largest absolute Gasteiger partial charge is 0.373 e. The van der Waals surface area contributed by atoms with Gasteiger partial charge >= 0.3 is 0 Å². The Bertz CT molecular complexity index is 403. The van der Waals surface area contributed by atoms with E-state index in [-0.39, 0.29) is 5.60 Å². The van der Waals surface area contributed by atoms with E-state index in [1.54, 1.807) is 0 Å². The molecule has 1 unspecified atom stereocenters. The summed E-state index contributed by atoms with van der Waals surface area (Å²) < 4.78 is 5.85. The lowest BCUT2D eigenvalue weighted by molar-refractivity contribution is -0.0975. The minimum Gasteiger partial charge on any atom is -0.373 e. The van der Waals surface area contributed by atoms with Crippen molar-refractivity contribution in [3.05, 3.63) is 35.9 Å². The van der Waals surface area contributed by atoms with E-state index in [0.717, 1.165) is 26.2 Å². The molecule has 0 radical (unpaired) electrons. The molecule has 0 amide bonds. The van der Waals surface area contributed by atoms with Crippen LogP contribution in [0.25, 0.3) is 0 Å². The summed E-state index contributed by atoms with van der Waals surface area (Å²) in [4.78, 5) is 2.55. The standard InChI is InChI=1S/C17H28N2O/c1-14(2)18-12-16(15-8-6-5-7-9-15)19-10-11-20-17(3,4)13-19/h5-9,14,16,18H,10-13H2,1-4H3. The van der Waals surface area contributed by atoms with Gasteiger partial charge in [0.05, 0.1) is 12.2 Å². The van der Waals surface area contributed by atoms with Gasteiger partial charge in [-0.05, 0) is 19.4 Å². The Kier molecular flexibility index (Phi) is 5.19. The van der Waals surface area contributed by atoms with E-state index in [1.165, 1.54) is 5.56 Å². The topological polar surface area (TPSA) is 24.5 Å². The van der Waals surface area contributed by atoms with Crippen molar-refractivity contribution in [3.8, 4) is 0 Å². The second-order valence-electron chi connectivity index (χ2n) is 6.57.